The van der Waals surface area contributed by atoms with Crippen LogP contribution in [0.4, 0.5) is 5.69 Å². The van der Waals surface area contributed by atoms with Crippen molar-refractivity contribution in [2.75, 3.05) is 12.3 Å². The van der Waals surface area contributed by atoms with Crippen LogP contribution in [0.3, 0.4) is 0 Å². The molecule has 0 aliphatic carbocycles. The van der Waals surface area contributed by atoms with Gasteiger partial charge in [-0.25, -0.2) is 4.98 Å². The van der Waals surface area contributed by atoms with Crippen LogP contribution in [0, 0.1) is 0 Å². The molecule has 0 unspecified atom stereocenters. The average Bonchev–Trinajstić information content (AvgIpc) is 2.64. The quantitative estimate of drug-likeness (QED) is 0.717. The summed E-state index contributed by atoms with van der Waals surface area (Å²) < 4.78 is 0. The zero-order valence-electron chi connectivity index (χ0n) is 8.77. The van der Waals surface area contributed by atoms with E-state index < -0.39 is 11.8 Å². The van der Waals surface area contributed by atoms with E-state index in [4.69, 9.17) is 11.5 Å². The number of fused-ring (bicyclic) bond motifs is 1. The lowest BCUT2D eigenvalue weighted by Gasteiger charge is -2.00. The van der Waals surface area contributed by atoms with Crippen molar-refractivity contribution >= 4 is 39.1 Å². The van der Waals surface area contributed by atoms with E-state index in [1.807, 2.05) is 0 Å². The monoisotopic (exact) mass is 250 g/mol. The Balaban J connectivity index is 2.32. The van der Waals surface area contributed by atoms with E-state index in [9.17, 15) is 9.59 Å². The largest absolute Gasteiger partial charge is 0.397 e. The number of nitrogen functional groups attached to an aromatic ring is 1. The Labute approximate surface area is 101 Å². The lowest BCUT2D eigenvalue weighted by molar-refractivity contribution is -0.117. The molecule has 2 rings (SSSR count). The summed E-state index contributed by atoms with van der Waals surface area (Å²) in [5, 5.41) is 3.13. The van der Waals surface area contributed by atoms with Crippen molar-refractivity contribution < 1.29 is 9.59 Å². The molecule has 0 bridgehead atoms. The molecule has 6 nitrogen and oxygen atoms in total. The van der Waals surface area contributed by atoms with Gasteiger partial charge in [0.05, 0.1) is 12.2 Å². The number of rotatable bonds is 3. The first kappa shape index (κ1) is 11.3. The van der Waals surface area contributed by atoms with E-state index in [0.717, 1.165) is 5.39 Å². The van der Waals surface area contributed by atoms with Gasteiger partial charge in [0.2, 0.25) is 5.91 Å². The van der Waals surface area contributed by atoms with Crippen molar-refractivity contribution in [2.45, 2.75) is 0 Å². The summed E-state index contributed by atoms with van der Waals surface area (Å²) >= 11 is 1.18. The van der Waals surface area contributed by atoms with E-state index in [1.165, 1.54) is 11.3 Å². The van der Waals surface area contributed by atoms with E-state index in [-0.39, 0.29) is 6.54 Å². The molecular formula is C10H10N4O2S. The number of primary amides is 1. The molecule has 0 saturated heterocycles. The molecule has 0 atom stereocenters. The van der Waals surface area contributed by atoms with Gasteiger partial charge in [-0.05, 0) is 12.1 Å². The molecular weight excluding hydrogens is 240 g/mol. The van der Waals surface area contributed by atoms with E-state index in [1.54, 1.807) is 18.3 Å². The highest BCUT2D eigenvalue weighted by molar-refractivity contribution is 7.21. The molecule has 2 aromatic rings. The van der Waals surface area contributed by atoms with Crippen LogP contribution >= 0.6 is 11.3 Å². The highest BCUT2D eigenvalue weighted by Gasteiger charge is 2.16. The number of aromatic nitrogens is 1. The van der Waals surface area contributed by atoms with Gasteiger partial charge in [0, 0.05) is 11.6 Å². The van der Waals surface area contributed by atoms with Crippen LogP contribution in [-0.2, 0) is 4.79 Å². The number of nitrogens with one attached hydrogen (secondary N) is 1. The number of amides is 2. The van der Waals surface area contributed by atoms with Crippen LogP contribution in [0.5, 0.6) is 0 Å². The Morgan fingerprint density at radius 2 is 2.24 bits per heavy atom. The molecule has 0 aromatic carbocycles. The number of pyridine rings is 1. The Hall–Kier alpha value is -2.15. The van der Waals surface area contributed by atoms with Crippen LogP contribution in [0.2, 0.25) is 0 Å². The van der Waals surface area contributed by atoms with Crippen LogP contribution in [-0.4, -0.2) is 23.3 Å². The first-order chi connectivity index (χ1) is 8.09. The van der Waals surface area contributed by atoms with Gasteiger partial charge in [0.15, 0.2) is 0 Å². The van der Waals surface area contributed by atoms with Crippen molar-refractivity contribution in [3.63, 3.8) is 0 Å². The molecule has 2 heterocycles. The van der Waals surface area contributed by atoms with Gasteiger partial charge in [-0.2, -0.15) is 0 Å². The zero-order chi connectivity index (χ0) is 12.4. The number of carbonyl (C=O) groups is 2. The second-order valence-corrected chi connectivity index (χ2v) is 4.35. The molecule has 17 heavy (non-hydrogen) atoms. The van der Waals surface area contributed by atoms with Crippen LogP contribution in [0.15, 0.2) is 18.3 Å². The van der Waals surface area contributed by atoms with E-state index in [0.29, 0.717) is 15.4 Å². The highest BCUT2D eigenvalue weighted by atomic mass is 32.1. The normalized spacial score (nSPS) is 10.4. The van der Waals surface area contributed by atoms with E-state index in [2.05, 4.69) is 10.3 Å². The lowest BCUT2D eigenvalue weighted by Crippen LogP contribution is -2.33. The number of thiophene rings is 1. The molecule has 0 aliphatic rings. The standard InChI is InChI=1S/C10H10N4O2S/c11-6(15)4-14-9(16)8-7(12)5-2-1-3-13-10(5)17-8/h1-3H,4,12H2,(H2,11,15)(H,14,16). The first-order valence-corrected chi connectivity index (χ1v) is 5.60. The summed E-state index contributed by atoms with van der Waals surface area (Å²) in [5.74, 6) is -1.01. The maximum Gasteiger partial charge on any atom is 0.264 e. The minimum absolute atomic E-state index is 0.208. The summed E-state index contributed by atoms with van der Waals surface area (Å²) in [6.07, 6.45) is 1.63. The summed E-state index contributed by atoms with van der Waals surface area (Å²) in [4.78, 5) is 27.4. The fraction of sp³-hybridized carbons (Fsp3) is 0.100. The Morgan fingerprint density at radius 1 is 1.47 bits per heavy atom. The van der Waals surface area contributed by atoms with Gasteiger partial charge >= 0.3 is 0 Å². The smallest absolute Gasteiger partial charge is 0.264 e. The number of nitrogens with two attached hydrogens (primary N) is 2. The summed E-state index contributed by atoms with van der Waals surface area (Å²) in [6, 6.07) is 3.54. The zero-order valence-corrected chi connectivity index (χ0v) is 9.58. The van der Waals surface area contributed by atoms with Gasteiger partial charge < -0.3 is 16.8 Å². The molecule has 2 amide bonds. The number of nitrogens with zero attached hydrogens (tertiary/aromatic N) is 1. The first-order valence-electron chi connectivity index (χ1n) is 4.79. The van der Waals surface area contributed by atoms with Crippen molar-refractivity contribution in [1.82, 2.24) is 10.3 Å². The third-order valence-electron chi connectivity index (χ3n) is 2.13. The van der Waals surface area contributed by atoms with Crippen molar-refractivity contribution in [3.05, 3.63) is 23.2 Å². The molecule has 0 aliphatic heterocycles. The predicted molar refractivity (Wildman–Crippen MR) is 65.6 cm³/mol. The molecule has 0 radical (unpaired) electrons. The van der Waals surface area contributed by atoms with Gasteiger partial charge in [-0.1, -0.05) is 0 Å². The Kier molecular flexibility index (Phi) is 2.92. The lowest BCUT2D eigenvalue weighted by atomic mass is 10.2. The van der Waals surface area contributed by atoms with Gasteiger partial charge in [-0.3, -0.25) is 9.59 Å². The molecule has 88 valence electrons. The fourth-order valence-electron chi connectivity index (χ4n) is 1.37. The van der Waals surface area contributed by atoms with Crippen molar-refractivity contribution in [2.24, 2.45) is 5.73 Å². The van der Waals surface area contributed by atoms with Crippen molar-refractivity contribution in [1.29, 1.82) is 0 Å². The molecule has 0 fully saturated rings. The summed E-state index contributed by atoms with van der Waals surface area (Å²) in [5.41, 5.74) is 11.2. The van der Waals surface area contributed by atoms with Crippen LogP contribution in [0.25, 0.3) is 10.2 Å². The minimum Gasteiger partial charge on any atom is -0.397 e. The number of anilines is 1. The third kappa shape index (κ3) is 2.18. The fourth-order valence-corrected chi connectivity index (χ4v) is 2.35. The topological polar surface area (TPSA) is 111 Å². The maximum atomic E-state index is 11.7. The van der Waals surface area contributed by atoms with Crippen LogP contribution in [0.1, 0.15) is 9.67 Å². The second kappa shape index (κ2) is 4.38. The Morgan fingerprint density at radius 3 is 2.88 bits per heavy atom. The van der Waals surface area contributed by atoms with Gasteiger partial charge in [0.1, 0.15) is 9.71 Å². The number of hydrogen-bond acceptors (Lipinski definition) is 5. The highest BCUT2D eigenvalue weighted by Crippen LogP contribution is 2.31. The number of carbonyl (C=O) groups excluding carboxylic acids is 2. The second-order valence-electron chi connectivity index (χ2n) is 3.35. The molecule has 5 N–H and O–H groups in total. The molecule has 7 heteroatoms. The predicted octanol–water partition coefficient (Wildman–Crippen LogP) is 0.0936. The molecule has 2 aromatic heterocycles. The van der Waals surface area contributed by atoms with Gasteiger partial charge in [-0.15, -0.1) is 11.3 Å². The van der Waals surface area contributed by atoms with Gasteiger partial charge in [0.25, 0.3) is 5.91 Å². The SMILES string of the molecule is NC(=O)CNC(=O)c1sc2ncccc2c1N. The summed E-state index contributed by atoms with van der Waals surface area (Å²) in [7, 11) is 0. The maximum absolute atomic E-state index is 11.7. The van der Waals surface area contributed by atoms with E-state index >= 15 is 0 Å². The third-order valence-corrected chi connectivity index (χ3v) is 3.26. The van der Waals surface area contributed by atoms with Crippen molar-refractivity contribution in [3.8, 4) is 0 Å². The Bertz CT molecular complexity index is 593. The van der Waals surface area contributed by atoms with Crippen LogP contribution < -0.4 is 16.8 Å². The number of hydrogen-bond donors (Lipinski definition) is 3. The average molecular weight is 250 g/mol. The minimum atomic E-state index is -0.601. The summed E-state index contributed by atoms with van der Waals surface area (Å²) in [6.45, 7) is -0.208. The molecule has 0 spiro atoms. The molecule has 0 saturated carbocycles.